The Morgan fingerprint density at radius 2 is 2.19 bits per heavy atom. The number of nitrogens with one attached hydrogen (secondary N) is 1. The molecule has 114 valence electrons. The summed E-state index contributed by atoms with van der Waals surface area (Å²) in [6.45, 7) is 0.836. The van der Waals surface area contributed by atoms with Gasteiger partial charge in [0.2, 0.25) is 10.0 Å². The fourth-order valence-electron chi connectivity index (χ4n) is 1.66. The molecule has 0 spiro atoms. The van der Waals surface area contributed by atoms with Gasteiger partial charge in [-0.15, -0.1) is 5.10 Å². The van der Waals surface area contributed by atoms with Gasteiger partial charge in [-0.05, 0) is 34.5 Å². The van der Waals surface area contributed by atoms with E-state index in [1.807, 2.05) is 0 Å². The van der Waals surface area contributed by atoms with Gasteiger partial charge in [-0.1, -0.05) is 16.8 Å². The van der Waals surface area contributed by atoms with Gasteiger partial charge in [0, 0.05) is 30.0 Å². The first-order chi connectivity index (χ1) is 9.90. The van der Waals surface area contributed by atoms with Crippen molar-refractivity contribution in [3.8, 4) is 0 Å². The second kappa shape index (κ2) is 6.73. The monoisotopic (exact) mass is 393 g/mol. The van der Waals surface area contributed by atoms with E-state index in [9.17, 15) is 8.42 Å². The van der Waals surface area contributed by atoms with E-state index in [1.165, 1.54) is 12.1 Å². The Bertz CT molecular complexity index is 720. The maximum absolute atomic E-state index is 12.2. The molecule has 2 aromatic rings. The Balaban J connectivity index is 2.02. The molecule has 0 saturated carbocycles. The minimum absolute atomic E-state index is 0.0215. The Labute approximate surface area is 135 Å². The van der Waals surface area contributed by atoms with Crippen molar-refractivity contribution >= 4 is 43.2 Å². The summed E-state index contributed by atoms with van der Waals surface area (Å²) in [6.07, 6.45) is 3.86. The lowest BCUT2D eigenvalue weighted by Crippen LogP contribution is -2.26. The first-order valence-corrected chi connectivity index (χ1v) is 8.64. The average molecular weight is 395 g/mol. The number of nitrogens with zero attached hydrogens (tertiary/aromatic N) is 3. The van der Waals surface area contributed by atoms with E-state index in [1.54, 1.807) is 17.1 Å². The predicted molar refractivity (Wildman–Crippen MR) is 83.4 cm³/mol. The summed E-state index contributed by atoms with van der Waals surface area (Å²) >= 11 is 9.01. The van der Waals surface area contributed by atoms with Gasteiger partial charge in [-0.25, -0.2) is 13.1 Å². The van der Waals surface area contributed by atoms with Crippen LogP contribution in [0.2, 0.25) is 5.02 Å². The molecule has 0 aliphatic carbocycles. The normalized spacial score (nSPS) is 11.7. The molecule has 0 bridgehead atoms. The molecule has 0 aliphatic rings. The zero-order valence-corrected chi connectivity index (χ0v) is 14.0. The molecule has 2 rings (SSSR count). The minimum Gasteiger partial charge on any atom is -0.398 e. The molecule has 7 nitrogen and oxygen atoms in total. The van der Waals surface area contributed by atoms with Crippen LogP contribution in [0.3, 0.4) is 0 Å². The number of anilines is 1. The van der Waals surface area contributed by atoms with E-state index in [0.29, 0.717) is 17.4 Å². The van der Waals surface area contributed by atoms with E-state index in [4.69, 9.17) is 17.3 Å². The van der Waals surface area contributed by atoms with Crippen molar-refractivity contribution in [3.63, 3.8) is 0 Å². The first-order valence-electron chi connectivity index (χ1n) is 5.98. The molecule has 0 unspecified atom stereocenters. The molecule has 1 aromatic heterocycles. The third-order valence-electron chi connectivity index (χ3n) is 2.65. The Morgan fingerprint density at radius 1 is 1.43 bits per heavy atom. The molecular weight excluding hydrogens is 382 g/mol. The van der Waals surface area contributed by atoms with Crippen LogP contribution in [0.1, 0.15) is 6.42 Å². The van der Waals surface area contributed by atoms with Crippen LogP contribution in [0, 0.1) is 0 Å². The van der Waals surface area contributed by atoms with Crippen molar-refractivity contribution in [2.24, 2.45) is 0 Å². The smallest absolute Gasteiger partial charge is 0.241 e. The van der Waals surface area contributed by atoms with Gasteiger partial charge in [0.1, 0.15) is 0 Å². The van der Waals surface area contributed by atoms with E-state index in [2.05, 4.69) is 31.0 Å². The molecule has 0 aliphatic heterocycles. The van der Waals surface area contributed by atoms with Gasteiger partial charge in [-0.3, -0.25) is 4.68 Å². The summed E-state index contributed by atoms with van der Waals surface area (Å²) in [5, 5.41) is 7.72. The lowest BCUT2D eigenvalue weighted by molar-refractivity contribution is 0.542. The number of nitrogen functional groups attached to an aromatic ring is 1. The van der Waals surface area contributed by atoms with Gasteiger partial charge < -0.3 is 5.73 Å². The summed E-state index contributed by atoms with van der Waals surface area (Å²) < 4.78 is 28.9. The quantitative estimate of drug-likeness (QED) is 0.573. The molecule has 10 heteroatoms. The molecule has 3 N–H and O–H groups in total. The highest BCUT2D eigenvalue weighted by Gasteiger charge is 2.19. The first kappa shape index (κ1) is 16.2. The number of hydrogen-bond donors (Lipinski definition) is 2. The molecule has 21 heavy (non-hydrogen) atoms. The van der Waals surface area contributed by atoms with E-state index >= 15 is 0 Å². The Kier molecular flexibility index (Phi) is 5.20. The van der Waals surface area contributed by atoms with Gasteiger partial charge in [0.15, 0.2) is 0 Å². The molecule has 1 aromatic carbocycles. The maximum atomic E-state index is 12.2. The zero-order chi connectivity index (χ0) is 15.5. The van der Waals surface area contributed by atoms with Crippen LogP contribution in [-0.2, 0) is 16.6 Å². The second-order valence-electron chi connectivity index (χ2n) is 4.22. The molecule has 0 saturated heterocycles. The standard InChI is InChI=1S/C11H13BrClN5O2S/c12-11-9(14)6-8(13)7-10(11)21(19,20)16-2-1-4-18-5-3-15-17-18/h3,5-7,16H,1-2,4,14H2. The molecule has 1 heterocycles. The fourth-order valence-corrected chi connectivity index (χ4v) is 4.02. The van der Waals surface area contributed by atoms with Gasteiger partial charge in [-0.2, -0.15) is 0 Å². The molecule has 0 fully saturated rings. The third kappa shape index (κ3) is 4.16. The third-order valence-corrected chi connectivity index (χ3v) is 5.50. The van der Waals surface area contributed by atoms with Crippen molar-refractivity contribution in [1.82, 2.24) is 19.7 Å². The number of hydrogen-bond acceptors (Lipinski definition) is 5. The van der Waals surface area contributed by atoms with Crippen LogP contribution in [0.4, 0.5) is 5.69 Å². The highest BCUT2D eigenvalue weighted by molar-refractivity contribution is 9.10. The topological polar surface area (TPSA) is 103 Å². The van der Waals surface area contributed by atoms with Crippen molar-refractivity contribution < 1.29 is 8.42 Å². The van der Waals surface area contributed by atoms with E-state index in [-0.39, 0.29) is 22.2 Å². The van der Waals surface area contributed by atoms with Crippen molar-refractivity contribution in [1.29, 1.82) is 0 Å². The number of benzene rings is 1. The van der Waals surface area contributed by atoms with E-state index in [0.717, 1.165) is 0 Å². The number of nitrogens with two attached hydrogens (primary N) is 1. The zero-order valence-electron chi connectivity index (χ0n) is 10.8. The molecule has 0 amide bonds. The number of halogens is 2. The van der Waals surface area contributed by atoms with Crippen LogP contribution in [-0.4, -0.2) is 30.0 Å². The van der Waals surface area contributed by atoms with Gasteiger partial charge >= 0.3 is 0 Å². The largest absolute Gasteiger partial charge is 0.398 e. The number of sulfonamides is 1. The summed E-state index contributed by atoms with van der Waals surface area (Å²) in [5.74, 6) is 0. The predicted octanol–water partition coefficient (Wildman–Crippen LogP) is 1.64. The van der Waals surface area contributed by atoms with Crippen molar-refractivity contribution in [2.45, 2.75) is 17.9 Å². The summed E-state index contributed by atoms with van der Waals surface area (Å²) in [7, 11) is -3.68. The highest BCUT2D eigenvalue weighted by atomic mass is 79.9. The van der Waals surface area contributed by atoms with Gasteiger partial charge in [0.25, 0.3) is 0 Å². The number of aryl methyl sites for hydroxylation is 1. The van der Waals surface area contributed by atoms with Crippen LogP contribution in [0.5, 0.6) is 0 Å². The number of rotatable bonds is 6. The SMILES string of the molecule is Nc1cc(Cl)cc(S(=O)(=O)NCCCn2ccnn2)c1Br. The van der Waals surface area contributed by atoms with Crippen molar-refractivity contribution in [3.05, 3.63) is 34.0 Å². The molecule has 0 atom stereocenters. The van der Waals surface area contributed by atoms with Gasteiger partial charge in [0.05, 0.1) is 15.6 Å². The van der Waals surface area contributed by atoms with Crippen LogP contribution < -0.4 is 10.5 Å². The van der Waals surface area contributed by atoms with Crippen LogP contribution in [0.15, 0.2) is 33.9 Å². The lowest BCUT2D eigenvalue weighted by Gasteiger charge is -2.10. The fraction of sp³-hybridized carbons (Fsp3) is 0.273. The molecular formula is C11H13BrClN5O2S. The summed E-state index contributed by atoms with van der Waals surface area (Å²) in [5.41, 5.74) is 5.96. The van der Waals surface area contributed by atoms with Crippen LogP contribution in [0.25, 0.3) is 0 Å². The lowest BCUT2D eigenvalue weighted by atomic mass is 10.3. The summed E-state index contributed by atoms with van der Waals surface area (Å²) in [4.78, 5) is 0.0215. The Hall–Kier alpha value is -1.16. The minimum atomic E-state index is -3.68. The van der Waals surface area contributed by atoms with E-state index < -0.39 is 10.0 Å². The Morgan fingerprint density at radius 3 is 2.86 bits per heavy atom. The molecule has 0 radical (unpaired) electrons. The van der Waals surface area contributed by atoms with Crippen molar-refractivity contribution in [2.75, 3.05) is 12.3 Å². The maximum Gasteiger partial charge on any atom is 0.241 e. The number of aromatic nitrogens is 3. The average Bonchev–Trinajstić information content (AvgIpc) is 2.92. The van der Waals surface area contributed by atoms with Crippen LogP contribution >= 0.6 is 27.5 Å². The second-order valence-corrected chi connectivity index (χ2v) is 7.19. The highest BCUT2D eigenvalue weighted by Crippen LogP contribution is 2.31. The summed E-state index contributed by atoms with van der Waals surface area (Å²) in [6, 6.07) is 2.83.